The fraction of sp³-hybridized carbons (Fsp3) is 0.200. The summed E-state index contributed by atoms with van der Waals surface area (Å²) in [4.78, 5) is 0. The Labute approximate surface area is 123 Å². The van der Waals surface area contributed by atoms with Crippen LogP contribution in [0.15, 0.2) is 48.5 Å². The van der Waals surface area contributed by atoms with Crippen molar-refractivity contribution in [2.45, 2.75) is 6.42 Å². The average molecular weight is 295 g/mol. The van der Waals surface area contributed by atoms with Gasteiger partial charge in [0.2, 0.25) is 0 Å². The minimum Gasteiger partial charge on any atom is -0.385 e. The number of hydrogen-bond acceptors (Lipinski definition) is 2. The van der Waals surface area contributed by atoms with Gasteiger partial charge in [-0.15, -0.1) is 0 Å². The van der Waals surface area contributed by atoms with Gasteiger partial charge in [0.05, 0.1) is 0 Å². The highest BCUT2D eigenvalue weighted by molar-refractivity contribution is 6.31. The summed E-state index contributed by atoms with van der Waals surface area (Å²) in [5.74, 6) is 0. The van der Waals surface area contributed by atoms with Crippen molar-refractivity contribution in [1.82, 2.24) is 0 Å². The number of anilines is 2. The Morgan fingerprint density at radius 3 is 2.11 bits per heavy atom. The molecule has 0 radical (unpaired) electrons. The topological polar surface area (TPSA) is 24.1 Å². The van der Waals surface area contributed by atoms with Crippen LogP contribution in [0.25, 0.3) is 0 Å². The Kier molecular flexibility index (Phi) is 5.37. The van der Waals surface area contributed by atoms with Crippen LogP contribution in [-0.2, 0) is 0 Å². The number of hydrogen-bond donors (Lipinski definition) is 2. The van der Waals surface area contributed by atoms with Crippen LogP contribution in [0.4, 0.5) is 11.4 Å². The van der Waals surface area contributed by atoms with Crippen LogP contribution in [0.5, 0.6) is 0 Å². The summed E-state index contributed by atoms with van der Waals surface area (Å²) in [6, 6.07) is 15.5. The van der Waals surface area contributed by atoms with Crippen LogP contribution < -0.4 is 10.6 Å². The molecule has 0 amide bonds. The van der Waals surface area contributed by atoms with Crippen LogP contribution in [0.3, 0.4) is 0 Å². The van der Waals surface area contributed by atoms with Crippen molar-refractivity contribution in [2.75, 3.05) is 23.7 Å². The van der Waals surface area contributed by atoms with Crippen molar-refractivity contribution in [2.24, 2.45) is 0 Å². The first-order chi connectivity index (χ1) is 9.24. The molecule has 0 heterocycles. The van der Waals surface area contributed by atoms with Crippen molar-refractivity contribution < 1.29 is 0 Å². The fourth-order valence-electron chi connectivity index (χ4n) is 1.72. The van der Waals surface area contributed by atoms with Gasteiger partial charge >= 0.3 is 0 Å². The quantitative estimate of drug-likeness (QED) is 0.740. The van der Waals surface area contributed by atoms with Crippen LogP contribution in [0, 0.1) is 0 Å². The highest BCUT2D eigenvalue weighted by Crippen LogP contribution is 2.15. The first kappa shape index (κ1) is 14.0. The molecule has 0 spiro atoms. The Balaban J connectivity index is 1.66. The molecule has 0 aliphatic heterocycles. The molecular weight excluding hydrogens is 279 g/mol. The van der Waals surface area contributed by atoms with Gasteiger partial charge in [-0.25, -0.2) is 0 Å². The van der Waals surface area contributed by atoms with Crippen molar-refractivity contribution >= 4 is 34.6 Å². The van der Waals surface area contributed by atoms with E-state index in [4.69, 9.17) is 23.2 Å². The summed E-state index contributed by atoms with van der Waals surface area (Å²) >= 11 is 11.7. The molecule has 0 atom stereocenters. The highest BCUT2D eigenvalue weighted by atomic mass is 35.5. The van der Waals surface area contributed by atoms with Gasteiger partial charge in [-0.3, -0.25) is 0 Å². The molecular formula is C15H16Cl2N2. The van der Waals surface area contributed by atoms with Crippen molar-refractivity contribution in [3.63, 3.8) is 0 Å². The smallest absolute Gasteiger partial charge is 0.0426 e. The van der Waals surface area contributed by atoms with E-state index in [2.05, 4.69) is 10.6 Å². The molecule has 2 aromatic carbocycles. The van der Waals surface area contributed by atoms with Gasteiger partial charge in [0.25, 0.3) is 0 Å². The maximum Gasteiger partial charge on any atom is 0.0426 e. The molecule has 0 aliphatic carbocycles. The molecule has 19 heavy (non-hydrogen) atoms. The lowest BCUT2D eigenvalue weighted by Gasteiger charge is -2.08. The van der Waals surface area contributed by atoms with E-state index < -0.39 is 0 Å². The van der Waals surface area contributed by atoms with Crippen LogP contribution in [0.2, 0.25) is 10.0 Å². The number of nitrogens with one attached hydrogen (secondary N) is 2. The van der Waals surface area contributed by atoms with E-state index in [0.717, 1.165) is 40.9 Å². The van der Waals surface area contributed by atoms with Crippen LogP contribution in [0.1, 0.15) is 6.42 Å². The summed E-state index contributed by atoms with van der Waals surface area (Å²) in [5.41, 5.74) is 2.14. The average Bonchev–Trinajstić information content (AvgIpc) is 2.41. The number of rotatable bonds is 6. The molecule has 0 fully saturated rings. The van der Waals surface area contributed by atoms with Gasteiger partial charge in [-0.05, 0) is 48.9 Å². The molecule has 0 aromatic heterocycles. The third kappa shape index (κ3) is 5.01. The number of halogens is 2. The van der Waals surface area contributed by atoms with E-state index in [1.54, 1.807) is 0 Å². The maximum absolute atomic E-state index is 5.91. The molecule has 2 nitrogen and oxygen atoms in total. The SMILES string of the molecule is Clc1ccc(NCCCNc2cccc(Cl)c2)cc1. The predicted octanol–water partition coefficient (Wildman–Crippen LogP) is 4.91. The first-order valence-corrected chi connectivity index (χ1v) is 6.98. The van der Waals surface area contributed by atoms with Crippen LogP contribution >= 0.6 is 23.2 Å². The summed E-state index contributed by atoms with van der Waals surface area (Å²) < 4.78 is 0. The van der Waals surface area contributed by atoms with E-state index in [1.807, 2.05) is 48.5 Å². The summed E-state index contributed by atoms with van der Waals surface area (Å²) in [7, 11) is 0. The van der Waals surface area contributed by atoms with Gasteiger partial charge in [0.1, 0.15) is 0 Å². The fourth-order valence-corrected chi connectivity index (χ4v) is 2.04. The Morgan fingerprint density at radius 1 is 0.737 bits per heavy atom. The van der Waals surface area contributed by atoms with Gasteiger partial charge in [-0.1, -0.05) is 29.3 Å². The normalized spacial score (nSPS) is 10.2. The van der Waals surface area contributed by atoms with Crippen molar-refractivity contribution in [3.8, 4) is 0 Å². The Bertz CT molecular complexity index is 512. The van der Waals surface area contributed by atoms with Crippen molar-refractivity contribution in [1.29, 1.82) is 0 Å². The summed E-state index contributed by atoms with van der Waals surface area (Å²) in [6.07, 6.45) is 1.02. The molecule has 0 unspecified atom stereocenters. The summed E-state index contributed by atoms with van der Waals surface area (Å²) in [6.45, 7) is 1.82. The largest absolute Gasteiger partial charge is 0.385 e. The highest BCUT2D eigenvalue weighted by Gasteiger charge is 1.94. The minimum absolute atomic E-state index is 0.754. The Hall–Kier alpha value is -1.38. The monoisotopic (exact) mass is 294 g/mol. The number of benzene rings is 2. The molecule has 2 rings (SSSR count). The molecule has 2 N–H and O–H groups in total. The molecule has 4 heteroatoms. The molecule has 0 saturated carbocycles. The van der Waals surface area contributed by atoms with E-state index in [0.29, 0.717) is 0 Å². The van der Waals surface area contributed by atoms with E-state index >= 15 is 0 Å². The Morgan fingerprint density at radius 2 is 1.42 bits per heavy atom. The lowest BCUT2D eigenvalue weighted by atomic mass is 10.3. The van der Waals surface area contributed by atoms with Crippen LogP contribution in [-0.4, -0.2) is 13.1 Å². The third-order valence-electron chi connectivity index (χ3n) is 2.68. The molecule has 100 valence electrons. The second-order valence-corrected chi connectivity index (χ2v) is 5.10. The standard InChI is InChI=1S/C15H16Cl2N2/c16-12-5-7-14(8-6-12)18-9-2-10-19-15-4-1-3-13(17)11-15/h1,3-8,11,18-19H,2,9-10H2. The zero-order valence-corrected chi connectivity index (χ0v) is 12.0. The first-order valence-electron chi connectivity index (χ1n) is 6.23. The second-order valence-electron chi connectivity index (χ2n) is 4.22. The predicted molar refractivity (Wildman–Crippen MR) is 84.5 cm³/mol. The van der Waals surface area contributed by atoms with Gasteiger partial charge in [0, 0.05) is 34.5 Å². The lowest BCUT2D eigenvalue weighted by Crippen LogP contribution is -2.08. The van der Waals surface area contributed by atoms with Gasteiger partial charge in [-0.2, -0.15) is 0 Å². The van der Waals surface area contributed by atoms with Gasteiger partial charge < -0.3 is 10.6 Å². The molecule has 0 bridgehead atoms. The lowest BCUT2D eigenvalue weighted by molar-refractivity contribution is 0.909. The summed E-state index contributed by atoms with van der Waals surface area (Å²) in [5, 5.41) is 8.19. The zero-order chi connectivity index (χ0) is 13.5. The van der Waals surface area contributed by atoms with E-state index in [-0.39, 0.29) is 0 Å². The minimum atomic E-state index is 0.754. The van der Waals surface area contributed by atoms with E-state index in [1.165, 1.54) is 0 Å². The van der Waals surface area contributed by atoms with Gasteiger partial charge in [0.15, 0.2) is 0 Å². The van der Waals surface area contributed by atoms with E-state index in [9.17, 15) is 0 Å². The third-order valence-corrected chi connectivity index (χ3v) is 3.17. The molecule has 2 aromatic rings. The molecule has 0 aliphatic rings. The second kappa shape index (κ2) is 7.27. The van der Waals surface area contributed by atoms with Crippen molar-refractivity contribution in [3.05, 3.63) is 58.6 Å². The zero-order valence-electron chi connectivity index (χ0n) is 10.5. The maximum atomic E-state index is 5.91. The molecule has 0 saturated heterocycles.